The van der Waals surface area contributed by atoms with Gasteiger partial charge in [0.25, 0.3) is 0 Å². The van der Waals surface area contributed by atoms with Crippen LogP contribution in [0.3, 0.4) is 0 Å². The molecule has 0 bridgehead atoms. The number of nitrogens with two attached hydrogens (primary N) is 1. The lowest BCUT2D eigenvalue weighted by Crippen LogP contribution is -2.64. The summed E-state index contributed by atoms with van der Waals surface area (Å²) in [6, 6.07) is 18.5. The van der Waals surface area contributed by atoms with Gasteiger partial charge in [-0.2, -0.15) is 13.2 Å². The van der Waals surface area contributed by atoms with Crippen LogP contribution in [0.4, 0.5) is 23.7 Å². The van der Waals surface area contributed by atoms with Crippen molar-refractivity contribution in [2.24, 2.45) is 5.73 Å². The van der Waals surface area contributed by atoms with Gasteiger partial charge in [-0.25, -0.2) is 9.59 Å². The molecule has 3 aromatic rings. The van der Waals surface area contributed by atoms with Gasteiger partial charge >= 0.3 is 18.2 Å². The molecule has 3 atom stereocenters. The van der Waals surface area contributed by atoms with Gasteiger partial charge in [-0.1, -0.05) is 19.1 Å². The molecule has 52 heavy (non-hydrogen) atoms. The number of primary amides is 1. The molecule has 15 heteroatoms. The number of carboxylic acids is 1. The topological polar surface area (TPSA) is 182 Å². The number of urea groups is 1. The van der Waals surface area contributed by atoms with Crippen LogP contribution in [-0.4, -0.2) is 87.5 Å². The fraction of sp³-hybridized carbons (Fsp3) is 0.405. The number of quaternary nitrogens is 1. The van der Waals surface area contributed by atoms with Crippen LogP contribution in [0.25, 0.3) is 0 Å². The molecular weight excluding hydrogens is 685 g/mol. The number of nitrogens with zero attached hydrogens (tertiary/aromatic N) is 2. The van der Waals surface area contributed by atoms with E-state index < -0.39 is 36.1 Å². The average Bonchev–Trinajstić information content (AvgIpc) is 3.06. The number of carbonyl (C=O) groups is 4. The number of hydrogen-bond donors (Lipinski definition) is 4. The van der Waals surface area contributed by atoms with Crippen molar-refractivity contribution in [3.05, 3.63) is 89.5 Å². The van der Waals surface area contributed by atoms with E-state index in [1.54, 1.807) is 79.4 Å². The van der Waals surface area contributed by atoms with Crippen LogP contribution < -0.4 is 16.2 Å². The number of carboxylic acid groups (broad SMARTS) is 1. The van der Waals surface area contributed by atoms with Crippen LogP contribution in [-0.2, 0) is 27.3 Å². The van der Waals surface area contributed by atoms with Gasteiger partial charge in [0, 0.05) is 17.7 Å². The number of aromatic hydroxyl groups is 2. The molecule has 1 aliphatic heterocycles. The largest absolute Gasteiger partial charge is 0.542 e. The molecule has 4 rings (SSSR count). The number of likely N-dealkylation sites (tertiary alicyclic amines) is 1. The lowest BCUT2D eigenvalue weighted by molar-refractivity contribution is -0.946. The average molecular weight is 731 g/mol. The maximum absolute atomic E-state index is 14.2. The van der Waals surface area contributed by atoms with Gasteiger partial charge in [-0.3, -0.25) is 4.79 Å². The van der Waals surface area contributed by atoms with Crippen molar-refractivity contribution in [3.63, 3.8) is 0 Å². The first kappa shape index (κ1) is 41.1. The van der Waals surface area contributed by atoms with E-state index in [0.717, 1.165) is 48.1 Å². The summed E-state index contributed by atoms with van der Waals surface area (Å²) >= 11 is 0. The second kappa shape index (κ2) is 18.3. The normalized spacial score (nSPS) is 17.6. The Morgan fingerprint density at radius 1 is 0.962 bits per heavy atom. The van der Waals surface area contributed by atoms with Crippen LogP contribution in [0.1, 0.15) is 61.5 Å². The first-order valence-electron chi connectivity index (χ1n) is 16.8. The van der Waals surface area contributed by atoms with E-state index in [0.29, 0.717) is 24.2 Å². The van der Waals surface area contributed by atoms with E-state index in [2.05, 4.69) is 12.2 Å². The summed E-state index contributed by atoms with van der Waals surface area (Å²) in [5.41, 5.74) is 8.70. The molecule has 1 saturated heterocycles. The van der Waals surface area contributed by atoms with Gasteiger partial charge in [0.05, 0.1) is 37.3 Å². The highest BCUT2D eigenvalue weighted by molar-refractivity contribution is 5.95. The van der Waals surface area contributed by atoms with Gasteiger partial charge in [0.15, 0.2) is 0 Å². The molecular formula is C37H45F3N4O8. The highest BCUT2D eigenvalue weighted by atomic mass is 19.4. The lowest BCUT2D eigenvalue weighted by Gasteiger charge is -2.48. The van der Waals surface area contributed by atoms with Crippen molar-refractivity contribution in [1.82, 2.24) is 4.90 Å². The van der Waals surface area contributed by atoms with E-state index in [4.69, 9.17) is 20.4 Å². The van der Waals surface area contributed by atoms with Crippen molar-refractivity contribution < 1.29 is 56.9 Å². The summed E-state index contributed by atoms with van der Waals surface area (Å²) < 4.78 is 37.5. The number of carbonyl (C=O) groups excluding carboxylic acids is 4. The molecule has 0 saturated carbocycles. The Balaban J connectivity index is 0.000000944. The highest BCUT2D eigenvalue weighted by Crippen LogP contribution is 2.30. The van der Waals surface area contributed by atoms with E-state index >= 15 is 0 Å². The summed E-state index contributed by atoms with van der Waals surface area (Å²) in [7, 11) is 0. The van der Waals surface area contributed by atoms with Crippen LogP contribution in [0, 0.1) is 0 Å². The first-order valence-corrected chi connectivity index (χ1v) is 16.8. The number of rotatable bonds is 12. The molecule has 3 aromatic carbocycles. The molecule has 0 radical (unpaired) electrons. The SMILES string of the molecule is CCC[N+]1(Cc2ccc(O)cc2)CCC[C@@H](N(C(=O)Nc2ccc(C(=O)OC(C)C)cc2)[C@@H](Cc2ccc(O)cc2)C(N)=O)C1.O=C([O-])C(F)(F)F. The quantitative estimate of drug-likeness (QED) is 0.155. The Morgan fingerprint density at radius 3 is 1.98 bits per heavy atom. The molecule has 1 fully saturated rings. The fourth-order valence-corrected chi connectivity index (χ4v) is 6.32. The summed E-state index contributed by atoms with van der Waals surface area (Å²) in [5, 5.41) is 31.3. The Kier molecular flexibility index (Phi) is 14.4. The zero-order valence-electron chi connectivity index (χ0n) is 29.3. The van der Waals surface area contributed by atoms with E-state index in [9.17, 15) is 37.8 Å². The van der Waals surface area contributed by atoms with Crippen molar-refractivity contribution in [2.75, 3.05) is 25.0 Å². The van der Waals surface area contributed by atoms with Crippen molar-refractivity contribution in [2.45, 2.75) is 77.4 Å². The van der Waals surface area contributed by atoms with Gasteiger partial charge in [0.2, 0.25) is 5.91 Å². The van der Waals surface area contributed by atoms with Gasteiger partial charge in [0.1, 0.15) is 30.1 Å². The van der Waals surface area contributed by atoms with Crippen LogP contribution in [0.15, 0.2) is 72.8 Å². The standard InChI is InChI=1S/C35H44N4O6.C2HF3O2/c1-4-19-39(22-26-9-17-31(41)18-10-26)20-5-6-29(23-39)38(32(33(36)42)21-25-7-15-30(40)16-8-25)35(44)37-28-13-11-27(12-14-28)34(43)45-24(2)3;3-2(4,5)1(6)7/h7-18,24,29,32H,4-6,19-23H2,1-3H3,(H4-,36,37,40,41,42,43,44);(H,6,7)/t29-,32+,39?;/m1./s1. The summed E-state index contributed by atoms with van der Waals surface area (Å²) in [5.74, 6) is -3.76. The lowest BCUT2D eigenvalue weighted by atomic mass is 9.95. The summed E-state index contributed by atoms with van der Waals surface area (Å²) in [6.45, 7) is 8.86. The summed E-state index contributed by atoms with van der Waals surface area (Å²) in [6.07, 6.45) is -2.77. The van der Waals surface area contributed by atoms with Crippen LogP contribution in [0.2, 0.25) is 0 Å². The third kappa shape index (κ3) is 12.2. The van der Waals surface area contributed by atoms with E-state index in [-0.39, 0.29) is 30.1 Å². The molecule has 12 nitrogen and oxygen atoms in total. The number of amides is 3. The molecule has 0 spiro atoms. The number of phenolic OH excluding ortho intramolecular Hbond substituents is 2. The Bertz CT molecular complexity index is 1650. The van der Waals surface area contributed by atoms with Crippen LogP contribution >= 0.6 is 0 Å². The zero-order valence-corrected chi connectivity index (χ0v) is 29.3. The third-order valence-electron chi connectivity index (χ3n) is 8.52. The number of piperidine rings is 1. The first-order chi connectivity index (χ1) is 24.4. The monoisotopic (exact) mass is 730 g/mol. The fourth-order valence-electron chi connectivity index (χ4n) is 6.32. The number of esters is 1. The Hall–Kier alpha value is -5.31. The predicted molar refractivity (Wildman–Crippen MR) is 184 cm³/mol. The number of aliphatic carboxylic acids is 1. The van der Waals surface area contributed by atoms with Gasteiger partial charge < -0.3 is 45.3 Å². The number of nitrogens with one attached hydrogen (secondary N) is 1. The van der Waals surface area contributed by atoms with Crippen molar-refractivity contribution in [1.29, 1.82) is 0 Å². The Morgan fingerprint density at radius 2 is 1.50 bits per heavy atom. The number of alkyl halides is 3. The summed E-state index contributed by atoms with van der Waals surface area (Å²) in [4.78, 5) is 50.0. The molecule has 1 heterocycles. The molecule has 3 amide bonds. The molecule has 282 valence electrons. The molecule has 5 N–H and O–H groups in total. The van der Waals surface area contributed by atoms with Crippen LogP contribution in [0.5, 0.6) is 11.5 Å². The maximum atomic E-state index is 14.2. The van der Waals surface area contributed by atoms with E-state index in [1.807, 2.05) is 12.1 Å². The number of hydrogen-bond acceptors (Lipinski definition) is 8. The van der Waals surface area contributed by atoms with Crippen molar-refractivity contribution in [3.8, 4) is 11.5 Å². The molecule has 1 unspecified atom stereocenters. The number of anilines is 1. The number of ether oxygens (including phenoxy) is 1. The second-order valence-electron chi connectivity index (χ2n) is 13.0. The second-order valence-corrected chi connectivity index (χ2v) is 13.0. The smallest absolute Gasteiger partial charge is 0.430 e. The van der Waals surface area contributed by atoms with Crippen molar-refractivity contribution >= 4 is 29.6 Å². The molecule has 0 aliphatic carbocycles. The number of phenols is 2. The van der Waals surface area contributed by atoms with Gasteiger partial charge in [-0.15, -0.1) is 0 Å². The van der Waals surface area contributed by atoms with Gasteiger partial charge in [-0.05, 0) is 99.3 Å². The van der Waals surface area contributed by atoms with E-state index in [1.165, 1.54) is 0 Å². The minimum absolute atomic E-state index is 0.104. The maximum Gasteiger partial charge on any atom is 0.430 e. The number of halogens is 3. The number of benzene rings is 3. The zero-order chi connectivity index (χ0) is 38.6. The predicted octanol–water partition coefficient (Wildman–Crippen LogP) is 4.48. The minimum atomic E-state index is -5.19. The highest BCUT2D eigenvalue weighted by Gasteiger charge is 2.42. The molecule has 1 aliphatic rings. The Labute approximate surface area is 300 Å². The minimum Gasteiger partial charge on any atom is -0.542 e. The molecule has 0 aromatic heterocycles. The third-order valence-corrected chi connectivity index (χ3v) is 8.52.